The zero-order chi connectivity index (χ0) is 12.6. The Bertz CT molecular complexity index is 332. The molecule has 0 N–H and O–H groups in total. The summed E-state index contributed by atoms with van der Waals surface area (Å²) in [5.74, 6) is 0. The van der Waals surface area contributed by atoms with Gasteiger partial charge in [-0.3, -0.25) is 0 Å². The van der Waals surface area contributed by atoms with Crippen molar-refractivity contribution in [2.75, 3.05) is 0 Å². The second kappa shape index (κ2) is 4.49. The van der Waals surface area contributed by atoms with E-state index in [4.69, 9.17) is 0 Å². The summed E-state index contributed by atoms with van der Waals surface area (Å²) in [7, 11) is 2.82. The molecule has 0 aliphatic carbocycles. The van der Waals surface area contributed by atoms with E-state index in [1.807, 2.05) is 0 Å². The van der Waals surface area contributed by atoms with Gasteiger partial charge in [0.05, 0.1) is 0 Å². The highest BCUT2D eigenvalue weighted by Gasteiger charge is 2.19. The molecular formula is C15H25P. The van der Waals surface area contributed by atoms with Crippen LogP contribution in [0.2, 0.25) is 0 Å². The standard InChI is InChI=1S/C15H25P/c1-14(2,3)12-7-11(10-16)8-13(9-12)15(4,5)6/h7-9H,10,16H2,1-6H3. The minimum Gasteiger partial charge on any atom is -0.133 e. The van der Waals surface area contributed by atoms with E-state index in [0.29, 0.717) is 0 Å². The quantitative estimate of drug-likeness (QED) is 0.622. The van der Waals surface area contributed by atoms with Crippen LogP contribution in [0.3, 0.4) is 0 Å². The van der Waals surface area contributed by atoms with Crippen LogP contribution in [-0.4, -0.2) is 0 Å². The first kappa shape index (κ1) is 13.7. The van der Waals surface area contributed by atoms with Gasteiger partial charge in [0.15, 0.2) is 0 Å². The van der Waals surface area contributed by atoms with Crippen LogP contribution in [0.15, 0.2) is 18.2 Å². The van der Waals surface area contributed by atoms with E-state index in [9.17, 15) is 0 Å². The summed E-state index contributed by atoms with van der Waals surface area (Å²) in [6, 6.07) is 7.04. The second-order valence-electron chi connectivity index (χ2n) is 6.62. The molecule has 1 aromatic carbocycles. The van der Waals surface area contributed by atoms with Crippen molar-refractivity contribution in [3.63, 3.8) is 0 Å². The fourth-order valence-corrected chi connectivity index (χ4v) is 1.91. The minimum absolute atomic E-state index is 0.232. The predicted molar refractivity (Wildman–Crippen MR) is 77.3 cm³/mol. The van der Waals surface area contributed by atoms with Gasteiger partial charge in [-0.25, -0.2) is 0 Å². The summed E-state index contributed by atoms with van der Waals surface area (Å²) in [5, 5.41) is 0. The summed E-state index contributed by atoms with van der Waals surface area (Å²) < 4.78 is 0. The van der Waals surface area contributed by atoms with Crippen LogP contribution in [0.25, 0.3) is 0 Å². The number of hydrogen-bond acceptors (Lipinski definition) is 0. The normalized spacial score (nSPS) is 12.9. The van der Waals surface area contributed by atoms with Gasteiger partial charge in [0.2, 0.25) is 0 Å². The lowest BCUT2D eigenvalue weighted by Crippen LogP contribution is -2.16. The van der Waals surface area contributed by atoms with E-state index in [0.717, 1.165) is 6.16 Å². The summed E-state index contributed by atoms with van der Waals surface area (Å²) in [6.07, 6.45) is 1.03. The van der Waals surface area contributed by atoms with Crippen LogP contribution in [0.5, 0.6) is 0 Å². The molecule has 0 bridgehead atoms. The van der Waals surface area contributed by atoms with E-state index in [2.05, 4.69) is 69.0 Å². The molecule has 1 atom stereocenters. The highest BCUT2D eigenvalue weighted by molar-refractivity contribution is 7.15. The third-order valence-corrected chi connectivity index (χ3v) is 3.43. The van der Waals surface area contributed by atoms with Gasteiger partial charge >= 0.3 is 0 Å². The van der Waals surface area contributed by atoms with E-state index in [-0.39, 0.29) is 10.8 Å². The van der Waals surface area contributed by atoms with Gasteiger partial charge in [-0.2, -0.15) is 0 Å². The molecule has 0 saturated heterocycles. The second-order valence-corrected chi connectivity index (χ2v) is 7.03. The van der Waals surface area contributed by atoms with Crippen molar-refractivity contribution in [3.05, 3.63) is 34.9 Å². The SMILES string of the molecule is CC(C)(C)c1cc(CP)cc(C(C)(C)C)c1. The first-order valence-corrected chi connectivity index (χ1v) is 6.81. The minimum atomic E-state index is 0.232. The van der Waals surface area contributed by atoms with E-state index in [1.165, 1.54) is 16.7 Å². The Morgan fingerprint density at radius 2 is 1.19 bits per heavy atom. The van der Waals surface area contributed by atoms with E-state index >= 15 is 0 Å². The summed E-state index contributed by atoms with van der Waals surface area (Å²) in [5.41, 5.74) is 4.77. The van der Waals surface area contributed by atoms with Crippen LogP contribution in [0, 0.1) is 0 Å². The maximum Gasteiger partial charge on any atom is -0.0128 e. The molecule has 1 rings (SSSR count). The van der Waals surface area contributed by atoms with Crippen molar-refractivity contribution in [3.8, 4) is 0 Å². The fourth-order valence-electron chi connectivity index (χ4n) is 1.68. The lowest BCUT2D eigenvalue weighted by Gasteiger charge is -2.26. The van der Waals surface area contributed by atoms with Crippen molar-refractivity contribution >= 4 is 9.24 Å². The first-order chi connectivity index (χ1) is 7.14. The van der Waals surface area contributed by atoms with Crippen molar-refractivity contribution in [1.82, 2.24) is 0 Å². The van der Waals surface area contributed by atoms with Crippen LogP contribution >= 0.6 is 9.24 Å². The van der Waals surface area contributed by atoms with E-state index in [1.54, 1.807) is 0 Å². The summed E-state index contributed by atoms with van der Waals surface area (Å²) in [4.78, 5) is 0. The highest BCUT2D eigenvalue weighted by atomic mass is 31.0. The Kier molecular flexibility index (Phi) is 3.85. The molecule has 0 heterocycles. The summed E-state index contributed by atoms with van der Waals surface area (Å²) in [6.45, 7) is 13.7. The molecule has 0 radical (unpaired) electrons. The van der Waals surface area contributed by atoms with E-state index < -0.39 is 0 Å². The third-order valence-electron chi connectivity index (χ3n) is 2.96. The predicted octanol–water partition coefficient (Wildman–Crippen LogP) is 4.66. The number of rotatable bonds is 1. The molecule has 0 aliphatic rings. The van der Waals surface area contributed by atoms with Gasteiger partial charge in [-0.1, -0.05) is 59.7 Å². The Morgan fingerprint density at radius 1 is 0.812 bits per heavy atom. The molecule has 90 valence electrons. The van der Waals surface area contributed by atoms with Crippen LogP contribution in [0.4, 0.5) is 0 Å². The lowest BCUT2D eigenvalue weighted by atomic mass is 9.80. The van der Waals surface area contributed by atoms with Crippen LogP contribution in [-0.2, 0) is 17.0 Å². The smallest absolute Gasteiger partial charge is 0.0128 e. The Balaban J connectivity index is 3.33. The number of hydrogen-bond donors (Lipinski definition) is 0. The molecule has 0 nitrogen and oxygen atoms in total. The van der Waals surface area contributed by atoms with Crippen molar-refractivity contribution < 1.29 is 0 Å². The highest BCUT2D eigenvalue weighted by Crippen LogP contribution is 2.30. The van der Waals surface area contributed by atoms with Crippen LogP contribution in [0.1, 0.15) is 58.2 Å². The maximum atomic E-state index is 2.82. The molecule has 0 amide bonds. The van der Waals surface area contributed by atoms with Gasteiger partial charge in [0, 0.05) is 0 Å². The fraction of sp³-hybridized carbons (Fsp3) is 0.600. The Labute approximate surface area is 103 Å². The Morgan fingerprint density at radius 3 is 1.44 bits per heavy atom. The molecule has 0 aromatic heterocycles. The monoisotopic (exact) mass is 236 g/mol. The topological polar surface area (TPSA) is 0 Å². The zero-order valence-corrected chi connectivity index (χ0v) is 12.7. The average Bonchev–Trinajstić information content (AvgIpc) is 2.14. The maximum absolute atomic E-state index is 2.82. The van der Waals surface area contributed by atoms with Gasteiger partial charge in [-0.05, 0) is 33.7 Å². The van der Waals surface area contributed by atoms with Crippen LogP contribution < -0.4 is 0 Å². The first-order valence-electron chi connectivity index (χ1n) is 5.99. The van der Waals surface area contributed by atoms with Gasteiger partial charge in [0.1, 0.15) is 0 Å². The van der Waals surface area contributed by atoms with Gasteiger partial charge in [-0.15, -0.1) is 9.24 Å². The van der Waals surface area contributed by atoms with Gasteiger partial charge < -0.3 is 0 Å². The largest absolute Gasteiger partial charge is 0.133 e. The molecule has 0 saturated carbocycles. The molecule has 1 unspecified atom stereocenters. The number of benzene rings is 1. The Hall–Kier alpha value is -0.350. The van der Waals surface area contributed by atoms with Crippen molar-refractivity contribution in [2.45, 2.75) is 58.5 Å². The molecule has 1 aromatic rings. The average molecular weight is 236 g/mol. The molecule has 16 heavy (non-hydrogen) atoms. The third kappa shape index (κ3) is 3.32. The zero-order valence-electron chi connectivity index (χ0n) is 11.5. The molecule has 0 fully saturated rings. The molecule has 0 spiro atoms. The molecular weight excluding hydrogens is 211 g/mol. The summed E-state index contributed by atoms with van der Waals surface area (Å²) >= 11 is 0. The molecule has 0 aliphatic heterocycles. The lowest BCUT2D eigenvalue weighted by molar-refractivity contribution is 0.567. The molecule has 1 heteroatoms. The van der Waals surface area contributed by atoms with Crippen molar-refractivity contribution in [2.24, 2.45) is 0 Å². The van der Waals surface area contributed by atoms with Crippen molar-refractivity contribution in [1.29, 1.82) is 0 Å². The van der Waals surface area contributed by atoms with Gasteiger partial charge in [0.25, 0.3) is 0 Å².